The molecule has 3 heteroatoms. The molecule has 0 bridgehead atoms. The minimum absolute atomic E-state index is 0.792. The number of morpholine rings is 1. The van der Waals surface area contributed by atoms with Crippen LogP contribution in [-0.2, 0) is 4.74 Å². The van der Waals surface area contributed by atoms with Crippen molar-refractivity contribution < 1.29 is 4.74 Å². The molecule has 0 aliphatic carbocycles. The molecule has 0 N–H and O–H groups in total. The predicted octanol–water partition coefficient (Wildman–Crippen LogP) is 1.16. The van der Waals surface area contributed by atoms with Crippen molar-refractivity contribution in [3.05, 3.63) is 0 Å². The van der Waals surface area contributed by atoms with E-state index < -0.39 is 18.4 Å². The molecular formula is C11H17NOSn. The second kappa shape index (κ2) is 5.53. The molecule has 2 nitrogen and oxygen atoms in total. The average Bonchev–Trinajstić information content (AvgIpc) is 2.13. The molecule has 0 amide bonds. The van der Waals surface area contributed by atoms with Gasteiger partial charge in [0.1, 0.15) is 0 Å². The summed E-state index contributed by atoms with van der Waals surface area (Å²) in [6, 6.07) is 3.06. The Kier molecular flexibility index (Phi) is 4.64. The van der Waals surface area contributed by atoms with Gasteiger partial charge in [-0.25, -0.2) is 0 Å². The molecule has 0 radical (unpaired) electrons. The molecule has 1 heterocycles. The molecule has 1 aliphatic rings. The molecular weight excluding hydrogens is 281 g/mol. The summed E-state index contributed by atoms with van der Waals surface area (Å²) in [5, 5.41) is 0. The molecule has 14 heavy (non-hydrogen) atoms. The second-order valence-corrected chi connectivity index (χ2v) is 17.9. The first-order valence-corrected chi connectivity index (χ1v) is 14.9. The molecule has 0 spiro atoms. The maximum absolute atomic E-state index is 5.23. The fourth-order valence-corrected chi connectivity index (χ4v) is 2.25. The van der Waals surface area contributed by atoms with Gasteiger partial charge in [0.25, 0.3) is 0 Å². The molecule has 0 aromatic carbocycles. The van der Waals surface area contributed by atoms with Crippen LogP contribution in [0.2, 0.25) is 14.8 Å². The standard InChI is InChI=1S/C8H8NO.3CH3.Sn/c1-2-3-4-9-5-7-10-8-6-9;;;;/h5-8H2;3*1H3;. The number of ether oxygens (including phenoxy) is 1. The van der Waals surface area contributed by atoms with E-state index in [-0.39, 0.29) is 0 Å². The topological polar surface area (TPSA) is 12.5 Å². The van der Waals surface area contributed by atoms with Crippen LogP contribution in [0.15, 0.2) is 0 Å². The molecule has 0 atom stereocenters. The Morgan fingerprint density at radius 3 is 2.29 bits per heavy atom. The van der Waals surface area contributed by atoms with Crippen molar-refractivity contribution in [2.24, 2.45) is 0 Å². The first-order chi connectivity index (χ1) is 6.58. The molecule has 0 aromatic rings. The van der Waals surface area contributed by atoms with E-state index in [1.54, 1.807) is 0 Å². The molecule has 1 rings (SSSR count). The zero-order valence-electron chi connectivity index (χ0n) is 9.18. The molecule has 0 aromatic heterocycles. The molecule has 1 saturated heterocycles. The first-order valence-electron chi connectivity index (χ1n) is 4.93. The van der Waals surface area contributed by atoms with Gasteiger partial charge in [-0.1, -0.05) is 0 Å². The van der Waals surface area contributed by atoms with E-state index in [0.29, 0.717) is 0 Å². The van der Waals surface area contributed by atoms with Crippen LogP contribution in [0.5, 0.6) is 0 Å². The van der Waals surface area contributed by atoms with Crippen LogP contribution in [0.1, 0.15) is 0 Å². The molecule has 76 valence electrons. The van der Waals surface area contributed by atoms with E-state index in [9.17, 15) is 0 Å². The zero-order valence-corrected chi connectivity index (χ0v) is 12.0. The number of hydrogen-bond acceptors (Lipinski definition) is 2. The summed E-state index contributed by atoms with van der Waals surface area (Å²) in [6.45, 7) is 3.40. The Labute approximate surface area is 90.9 Å². The fraction of sp³-hybridized carbons (Fsp3) is 0.636. The average molecular weight is 298 g/mol. The molecule has 1 fully saturated rings. The van der Waals surface area contributed by atoms with Gasteiger partial charge < -0.3 is 0 Å². The van der Waals surface area contributed by atoms with Crippen LogP contribution < -0.4 is 0 Å². The van der Waals surface area contributed by atoms with E-state index in [1.165, 1.54) is 0 Å². The normalized spacial score (nSPS) is 16.4. The van der Waals surface area contributed by atoms with Gasteiger partial charge in [0.15, 0.2) is 0 Å². The van der Waals surface area contributed by atoms with E-state index in [0.717, 1.165) is 26.3 Å². The zero-order chi connectivity index (χ0) is 10.4. The summed E-state index contributed by atoms with van der Waals surface area (Å²) in [5.41, 5.74) is 0. The van der Waals surface area contributed by atoms with Gasteiger partial charge in [-0.05, 0) is 0 Å². The minimum atomic E-state index is -1.91. The van der Waals surface area contributed by atoms with Crippen molar-refractivity contribution in [2.75, 3.05) is 26.3 Å². The van der Waals surface area contributed by atoms with E-state index in [4.69, 9.17) is 4.74 Å². The monoisotopic (exact) mass is 299 g/mol. The van der Waals surface area contributed by atoms with Crippen molar-refractivity contribution in [2.45, 2.75) is 14.8 Å². The van der Waals surface area contributed by atoms with Crippen molar-refractivity contribution in [3.8, 4) is 21.8 Å². The summed E-state index contributed by atoms with van der Waals surface area (Å²) in [5.74, 6) is 5.90. The van der Waals surface area contributed by atoms with Gasteiger partial charge in [0, 0.05) is 0 Å². The molecule has 1 aliphatic heterocycles. The first kappa shape index (κ1) is 11.8. The SMILES string of the molecule is [CH3][Sn]([CH3])([CH3])[C]#CC#CN1CCOCC1. The maximum atomic E-state index is 5.23. The van der Waals surface area contributed by atoms with Gasteiger partial charge in [0.05, 0.1) is 0 Å². The van der Waals surface area contributed by atoms with Crippen molar-refractivity contribution >= 4 is 18.4 Å². The number of rotatable bonds is 0. The van der Waals surface area contributed by atoms with Crippen LogP contribution in [0.25, 0.3) is 0 Å². The third-order valence-corrected chi connectivity index (χ3v) is 4.22. The van der Waals surface area contributed by atoms with Crippen molar-refractivity contribution in [3.63, 3.8) is 0 Å². The Morgan fingerprint density at radius 1 is 1.07 bits per heavy atom. The summed E-state index contributed by atoms with van der Waals surface area (Å²) < 4.78 is 8.52. The van der Waals surface area contributed by atoms with Crippen LogP contribution in [0, 0.1) is 21.8 Å². The van der Waals surface area contributed by atoms with Gasteiger partial charge in [0.2, 0.25) is 0 Å². The fourth-order valence-electron chi connectivity index (χ4n) is 1.00. The Bertz CT molecular complexity index is 291. The Balaban J connectivity index is 2.41. The van der Waals surface area contributed by atoms with E-state index in [2.05, 4.69) is 41.5 Å². The molecule has 0 unspecified atom stereocenters. The van der Waals surface area contributed by atoms with Gasteiger partial charge in [-0.3, -0.25) is 0 Å². The van der Waals surface area contributed by atoms with Crippen LogP contribution in [0.4, 0.5) is 0 Å². The van der Waals surface area contributed by atoms with Gasteiger partial charge in [-0.2, -0.15) is 0 Å². The summed E-state index contributed by atoms with van der Waals surface area (Å²) in [7, 11) is 0. The number of hydrogen-bond donors (Lipinski definition) is 0. The summed E-state index contributed by atoms with van der Waals surface area (Å²) in [4.78, 5) is 8.95. The Morgan fingerprint density at radius 2 is 1.71 bits per heavy atom. The van der Waals surface area contributed by atoms with Crippen LogP contribution in [0.3, 0.4) is 0 Å². The van der Waals surface area contributed by atoms with Gasteiger partial charge >= 0.3 is 91.0 Å². The van der Waals surface area contributed by atoms with Crippen molar-refractivity contribution in [1.29, 1.82) is 0 Å². The van der Waals surface area contributed by atoms with Crippen LogP contribution >= 0.6 is 0 Å². The molecule has 0 saturated carbocycles. The van der Waals surface area contributed by atoms with Crippen molar-refractivity contribution in [1.82, 2.24) is 4.90 Å². The third kappa shape index (κ3) is 5.42. The quantitative estimate of drug-likeness (QED) is 0.491. The van der Waals surface area contributed by atoms with Gasteiger partial charge in [-0.15, -0.1) is 0 Å². The van der Waals surface area contributed by atoms with E-state index in [1.807, 2.05) is 0 Å². The Hall–Kier alpha value is -0.321. The third-order valence-electron chi connectivity index (χ3n) is 1.73. The van der Waals surface area contributed by atoms with Crippen LogP contribution in [-0.4, -0.2) is 49.6 Å². The second-order valence-electron chi connectivity index (χ2n) is 4.34. The number of nitrogens with zero attached hydrogens (tertiary/aromatic N) is 1. The predicted molar refractivity (Wildman–Crippen MR) is 61.3 cm³/mol. The summed E-state index contributed by atoms with van der Waals surface area (Å²) >= 11 is -1.91. The summed E-state index contributed by atoms with van der Waals surface area (Å²) in [6.07, 6.45) is 0. The van der Waals surface area contributed by atoms with E-state index >= 15 is 0 Å².